The van der Waals surface area contributed by atoms with E-state index in [2.05, 4.69) is 34.6 Å². The second-order valence-corrected chi connectivity index (χ2v) is 4.48. The van der Waals surface area contributed by atoms with Crippen LogP contribution in [0, 0.1) is 6.92 Å². The molecular weight excluding hydrogens is 236 g/mol. The Labute approximate surface area is 114 Å². The molecule has 0 aliphatic heterocycles. The van der Waals surface area contributed by atoms with Gasteiger partial charge in [-0.2, -0.15) is 0 Å². The monoisotopic (exact) mass is 256 g/mol. The highest BCUT2D eigenvalue weighted by atomic mass is 16.5. The van der Waals surface area contributed by atoms with Crippen LogP contribution in [0.2, 0.25) is 0 Å². The molecule has 1 aromatic carbocycles. The van der Waals surface area contributed by atoms with Crippen LogP contribution in [0.5, 0.6) is 0 Å². The molecule has 0 saturated heterocycles. The van der Waals surface area contributed by atoms with Crippen molar-refractivity contribution in [2.24, 2.45) is 0 Å². The summed E-state index contributed by atoms with van der Waals surface area (Å²) in [5.41, 5.74) is 3.64. The molecule has 0 bridgehead atoms. The average molecular weight is 256 g/mol. The summed E-state index contributed by atoms with van der Waals surface area (Å²) >= 11 is 0. The van der Waals surface area contributed by atoms with Crippen LogP contribution in [0.3, 0.4) is 0 Å². The zero-order valence-corrected chi connectivity index (χ0v) is 11.5. The maximum atomic E-state index is 5.48. The Kier molecular flexibility index (Phi) is 4.93. The summed E-state index contributed by atoms with van der Waals surface area (Å²) in [6.45, 7) is 6.21. The summed E-state index contributed by atoms with van der Waals surface area (Å²) in [4.78, 5) is 4.34. The number of hydrogen-bond acceptors (Lipinski definition) is 3. The van der Waals surface area contributed by atoms with Crippen molar-refractivity contribution >= 4 is 5.82 Å². The first kappa shape index (κ1) is 13.6. The third-order valence-electron chi connectivity index (χ3n) is 2.95. The fraction of sp³-hybridized carbons (Fsp3) is 0.312. The lowest BCUT2D eigenvalue weighted by atomic mass is 10.1. The van der Waals surface area contributed by atoms with Gasteiger partial charge in [0.25, 0.3) is 0 Å². The third-order valence-corrected chi connectivity index (χ3v) is 2.95. The van der Waals surface area contributed by atoms with E-state index in [1.165, 1.54) is 16.7 Å². The van der Waals surface area contributed by atoms with Gasteiger partial charge in [-0.15, -0.1) is 0 Å². The Balaban J connectivity index is 2.00. The molecule has 0 aliphatic carbocycles. The Morgan fingerprint density at radius 2 is 1.89 bits per heavy atom. The van der Waals surface area contributed by atoms with Gasteiger partial charge in [-0.1, -0.05) is 30.3 Å². The smallest absolute Gasteiger partial charge is 0.126 e. The molecule has 0 atom stereocenters. The van der Waals surface area contributed by atoms with Crippen LogP contribution >= 0.6 is 0 Å². The molecule has 2 rings (SSSR count). The van der Waals surface area contributed by atoms with E-state index in [-0.39, 0.29) is 0 Å². The molecule has 100 valence electrons. The number of rotatable bonds is 6. The summed E-state index contributed by atoms with van der Waals surface area (Å²) in [7, 11) is 0. The van der Waals surface area contributed by atoms with Gasteiger partial charge in [-0.05, 0) is 36.6 Å². The van der Waals surface area contributed by atoms with Crippen LogP contribution in [0.1, 0.15) is 23.6 Å². The van der Waals surface area contributed by atoms with Gasteiger partial charge in [-0.3, -0.25) is 0 Å². The summed E-state index contributed by atoms with van der Waals surface area (Å²) < 4.78 is 5.48. The number of anilines is 1. The largest absolute Gasteiger partial charge is 0.377 e. The predicted octanol–water partition coefficient (Wildman–Crippen LogP) is 3.54. The Morgan fingerprint density at radius 1 is 1.11 bits per heavy atom. The number of benzene rings is 1. The number of nitrogens with one attached hydrogen (secondary N) is 1. The van der Waals surface area contributed by atoms with Crippen molar-refractivity contribution in [3.63, 3.8) is 0 Å². The van der Waals surface area contributed by atoms with Crippen molar-refractivity contribution in [1.29, 1.82) is 0 Å². The molecule has 0 amide bonds. The first-order valence-electron chi connectivity index (χ1n) is 6.60. The van der Waals surface area contributed by atoms with E-state index in [4.69, 9.17) is 4.74 Å². The quantitative estimate of drug-likeness (QED) is 0.858. The van der Waals surface area contributed by atoms with Gasteiger partial charge in [0.15, 0.2) is 0 Å². The van der Waals surface area contributed by atoms with E-state index < -0.39 is 0 Å². The fourth-order valence-electron chi connectivity index (χ4n) is 1.84. The van der Waals surface area contributed by atoms with Crippen molar-refractivity contribution in [3.8, 4) is 0 Å². The third kappa shape index (κ3) is 4.07. The predicted molar refractivity (Wildman–Crippen MR) is 78.1 cm³/mol. The lowest BCUT2D eigenvalue weighted by Crippen LogP contribution is -2.05. The van der Waals surface area contributed by atoms with Gasteiger partial charge in [0.1, 0.15) is 5.82 Å². The van der Waals surface area contributed by atoms with E-state index >= 15 is 0 Å². The SMILES string of the molecule is CCOCc1ccccc1CNc1ccc(C)cn1. The molecule has 3 heteroatoms. The Hall–Kier alpha value is -1.87. The van der Waals surface area contributed by atoms with Crippen molar-refractivity contribution in [1.82, 2.24) is 4.98 Å². The first-order chi connectivity index (χ1) is 9.29. The molecular formula is C16H20N2O. The molecule has 0 spiro atoms. The van der Waals surface area contributed by atoms with Crippen molar-refractivity contribution in [2.75, 3.05) is 11.9 Å². The molecule has 0 unspecified atom stereocenters. The minimum Gasteiger partial charge on any atom is -0.377 e. The normalized spacial score (nSPS) is 10.4. The van der Waals surface area contributed by atoms with Crippen LogP contribution in [0.4, 0.5) is 5.82 Å². The average Bonchev–Trinajstić information content (AvgIpc) is 2.45. The molecule has 0 fully saturated rings. The van der Waals surface area contributed by atoms with Crippen molar-refractivity contribution < 1.29 is 4.74 Å². The van der Waals surface area contributed by atoms with Gasteiger partial charge in [0, 0.05) is 19.3 Å². The van der Waals surface area contributed by atoms with Crippen molar-refractivity contribution in [2.45, 2.75) is 27.0 Å². The number of aromatic nitrogens is 1. The summed E-state index contributed by atoms with van der Waals surface area (Å²) in [5, 5.41) is 3.34. The molecule has 0 saturated carbocycles. The van der Waals surface area contributed by atoms with E-state index in [1.54, 1.807) is 0 Å². The zero-order valence-electron chi connectivity index (χ0n) is 11.5. The number of pyridine rings is 1. The molecule has 2 aromatic rings. The molecule has 1 N–H and O–H groups in total. The van der Waals surface area contributed by atoms with E-state index in [1.807, 2.05) is 32.2 Å². The minimum atomic E-state index is 0.662. The summed E-state index contributed by atoms with van der Waals surface area (Å²) in [5.74, 6) is 0.900. The molecule has 3 nitrogen and oxygen atoms in total. The minimum absolute atomic E-state index is 0.662. The van der Waals surface area contributed by atoms with Gasteiger partial charge in [0.05, 0.1) is 6.61 Å². The fourth-order valence-corrected chi connectivity index (χ4v) is 1.84. The van der Waals surface area contributed by atoms with Crippen LogP contribution in [0.25, 0.3) is 0 Å². The van der Waals surface area contributed by atoms with Crippen LogP contribution in [-0.2, 0) is 17.9 Å². The van der Waals surface area contributed by atoms with E-state index in [9.17, 15) is 0 Å². The van der Waals surface area contributed by atoms with Gasteiger partial charge < -0.3 is 10.1 Å². The van der Waals surface area contributed by atoms with Gasteiger partial charge in [-0.25, -0.2) is 4.98 Å². The number of ether oxygens (including phenoxy) is 1. The molecule has 1 heterocycles. The molecule has 0 radical (unpaired) electrons. The second kappa shape index (κ2) is 6.90. The first-order valence-corrected chi connectivity index (χ1v) is 6.60. The number of hydrogen-bond donors (Lipinski definition) is 1. The lowest BCUT2D eigenvalue weighted by Gasteiger charge is -2.11. The maximum absolute atomic E-state index is 5.48. The second-order valence-electron chi connectivity index (χ2n) is 4.48. The zero-order chi connectivity index (χ0) is 13.5. The van der Waals surface area contributed by atoms with Crippen molar-refractivity contribution in [3.05, 3.63) is 59.3 Å². The summed E-state index contributed by atoms with van der Waals surface area (Å²) in [6, 6.07) is 12.4. The van der Waals surface area contributed by atoms with Gasteiger partial charge in [0.2, 0.25) is 0 Å². The highest BCUT2D eigenvalue weighted by molar-refractivity contribution is 5.38. The van der Waals surface area contributed by atoms with Gasteiger partial charge >= 0.3 is 0 Å². The Bertz CT molecular complexity index is 508. The molecule has 19 heavy (non-hydrogen) atoms. The number of aryl methyl sites for hydroxylation is 1. The topological polar surface area (TPSA) is 34.1 Å². The standard InChI is InChI=1S/C16H20N2O/c1-3-19-12-15-7-5-4-6-14(15)11-18-16-9-8-13(2)10-17-16/h4-10H,3,11-12H2,1-2H3,(H,17,18). The summed E-state index contributed by atoms with van der Waals surface area (Å²) in [6.07, 6.45) is 1.87. The maximum Gasteiger partial charge on any atom is 0.126 e. The Morgan fingerprint density at radius 3 is 2.58 bits per heavy atom. The van der Waals surface area contributed by atoms with Crippen LogP contribution in [0.15, 0.2) is 42.6 Å². The molecule has 0 aliphatic rings. The van der Waals surface area contributed by atoms with Crippen LogP contribution < -0.4 is 5.32 Å². The number of nitrogens with zero attached hydrogens (tertiary/aromatic N) is 1. The van der Waals surface area contributed by atoms with E-state index in [0.29, 0.717) is 6.61 Å². The highest BCUT2D eigenvalue weighted by Gasteiger charge is 2.02. The molecule has 1 aromatic heterocycles. The van der Waals surface area contributed by atoms with Crippen LogP contribution in [-0.4, -0.2) is 11.6 Å². The highest BCUT2D eigenvalue weighted by Crippen LogP contribution is 2.12. The lowest BCUT2D eigenvalue weighted by molar-refractivity contribution is 0.133. The van der Waals surface area contributed by atoms with E-state index in [0.717, 1.165) is 19.0 Å².